The van der Waals surface area contributed by atoms with Crippen molar-refractivity contribution in [2.24, 2.45) is 4.99 Å². The fraction of sp³-hybridized carbons (Fsp3) is 0.151. The van der Waals surface area contributed by atoms with Gasteiger partial charge in [0.05, 0.1) is 53.9 Å². The van der Waals surface area contributed by atoms with E-state index >= 15 is 0 Å². The maximum Gasteiger partial charge on any atom is 1.00 e. The van der Waals surface area contributed by atoms with Crippen LogP contribution in [0.5, 0.6) is 11.5 Å². The van der Waals surface area contributed by atoms with Crippen LogP contribution in [-0.4, -0.2) is 64.9 Å². The first-order valence-electron chi connectivity index (χ1n) is 22.9. The molecule has 0 bridgehead atoms. The quantitative estimate of drug-likeness (QED) is 0.0293. The van der Waals surface area contributed by atoms with E-state index in [4.69, 9.17) is 4.42 Å². The topological polar surface area (TPSA) is 365 Å². The molecule has 0 fully saturated rings. The van der Waals surface area contributed by atoms with Crippen molar-refractivity contribution < 1.29 is 195 Å². The van der Waals surface area contributed by atoms with Crippen LogP contribution < -0.4 is 149 Å². The molecular weight excluding hydrogens is 1180 g/mol. The van der Waals surface area contributed by atoms with Gasteiger partial charge in [0.2, 0.25) is 0 Å². The monoisotopic (exact) mass is 1230 g/mol. The molecule has 1 aliphatic carbocycles. The summed E-state index contributed by atoms with van der Waals surface area (Å²) in [6.45, 7) is 12.1. The molecule has 0 atom stereocenters. The molecule has 0 radical (unpaired) electrons. The van der Waals surface area contributed by atoms with Crippen LogP contribution in [0.15, 0.2) is 114 Å². The average molecular weight is 1230 g/mol. The standard InChI is InChI=1S/C53H47N4O17S4.4Na/c1-24-15-26(3)48(56-75(64,65)33-17-28(5)50(58)38(20-33)52(60)61)30(7)46(24)54-32-13-14-35-41(19-32)74-42-23-40(44(78(71,72)73)22-37(42)45(35)36-11-9-10-12-43(36)77(68,69)70)55-47-25(2)16-27(4)49(31(47)8)57-76(66,67)34-18-29(6)51(59)39(21-34)53(62)63;;;;/h9-12,14-23,54,56-59H,1-8H3,(H,60,61)(H,62,63)(H,68,69,70)(H,71,72,73);;;;/q-1;4*+1/p-4. The molecule has 29 heteroatoms. The van der Waals surface area contributed by atoms with Crippen molar-refractivity contribution in [3.05, 3.63) is 152 Å². The van der Waals surface area contributed by atoms with Crippen LogP contribution in [0, 0.1) is 61.5 Å². The molecule has 6 aromatic carbocycles. The first-order chi connectivity index (χ1) is 36.2. The van der Waals surface area contributed by atoms with Crippen molar-refractivity contribution >= 4 is 91.6 Å². The SMILES string of the molecule is Cc1cc(S(=O)(=O)Nc2c(C)cc(C)c(N=c3cc4oc5cc(Nc6c(C)cc(C)c(NS(=O)(=O)c7cc(C)c(O)c(C(=O)[O-])c7)c6C)[c-]cc5c(-c5ccccc5S(=O)(=O)[O-])c-4cc3S(=O)(=O)[O-])c2C)cc(C(=O)[O-])c1O.[Na+].[Na+].[Na+].[Na+]. The minimum Gasteiger partial charge on any atom is -0.744 e. The number of nitrogens with one attached hydrogen (secondary N) is 3. The van der Waals surface area contributed by atoms with Gasteiger partial charge < -0.3 is 48.9 Å². The number of carboxylic acids is 2. The number of aromatic carboxylic acids is 2. The Morgan fingerprint density at radius 2 is 1.04 bits per heavy atom. The molecule has 82 heavy (non-hydrogen) atoms. The summed E-state index contributed by atoms with van der Waals surface area (Å²) in [5.74, 6) is -5.21. The fourth-order valence-corrected chi connectivity index (χ4v) is 13.1. The first-order valence-corrected chi connectivity index (χ1v) is 28.6. The predicted octanol–water partition coefficient (Wildman–Crippen LogP) is -5.99. The van der Waals surface area contributed by atoms with Crippen LogP contribution >= 0.6 is 0 Å². The molecule has 0 unspecified atom stereocenters. The van der Waals surface area contributed by atoms with E-state index in [1.165, 1.54) is 57.2 Å². The number of hydrogen-bond acceptors (Lipinski definition) is 19. The van der Waals surface area contributed by atoms with E-state index in [1.54, 1.807) is 40.7 Å². The van der Waals surface area contributed by atoms with E-state index in [2.05, 4.69) is 25.8 Å². The number of aryl methyl sites for hydroxylation is 6. The van der Waals surface area contributed by atoms with Crippen molar-refractivity contribution in [2.75, 3.05) is 14.8 Å². The summed E-state index contributed by atoms with van der Waals surface area (Å²) in [5.41, 5.74) is 0.556. The summed E-state index contributed by atoms with van der Waals surface area (Å²) in [4.78, 5) is 25.4. The zero-order valence-electron chi connectivity index (χ0n) is 46.2. The summed E-state index contributed by atoms with van der Waals surface area (Å²) in [6.07, 6.45) is 0. The van der Waals surface area contributed by atoms with Crippen LogP contribution in [0.3, 0.4) is 0 Å². The van der Waals surface area contributed by atoms with E-state index in [0.29, 0.717) is 39.6 Å². The summed E-state index contributed by atoms with van der Waals surface area (Å²) in [7, 11) is -19.9. The van der Waals surface area contributed by atoms with Crippen LogP contribution in [0.1, 0.15) is 65.2 Å². The number of fused-ring (bicyclic) bond motifs is 2. The number of sulfonamides is 2. The van der Waals surface area contributed by atoms with E-state index < -0.39 is 99.8 Å². The van der Waals surface area contributed by atoms with Crippen molar-refractivity contribution in [2.45, 2.75) is 75.0 Å². The van der Waals surface area contributed by atoms with Gasteiger partial charge in [0.1, 0.15) is 37.5 Å². The Morgan fingerprint density at radius 1 is 0.561 bits per heavy atom. The fourth-order valence-electron chi connectivity index (χ4n) is 9.18. The molecule has 0 aromatic heterocycles. The van der Waals surface area contributed by atoms with Crippen LogP contribution in [0.2, 0.25) is 0 Å². The molecule has 406 valence electrons. The zero-order valence-corrected chi connectivity index (χ0v) is 57.4. The molecule has 6 aromatic rings. The van der Waals surface area contributed by atoms with Gasteiger partial charge in [-0.1, -0.05) is 47.0 Å². The smallest absolute Gasteiger partial charge is 0.744 e. The number of hydrogen-bond donors (Lipinski definition) is 5. The Bertz CT molecular complexity index is 4480. The van der Waals surface area contributed by atoms with Crippen LogP contribution in [0.25, 0.3) is 33.4 Å². The zero-order chi connectivity index (χ0) is 57.5. The van der Waals surface area contributed by atoms with Gasteiger partial charge >= 0.3 is 118 Å². The molecule has 0 amide bonds. The number of aromatic hydroxyl groups is 2. The van der Waals surface area contributed by atoms with Crippen molar-refractivity contribution in [3.63, 3.8) is 0 Å². The largest absolute Gasteiger partial charge is 1.00 e. The van der Waals surface area contributed by atoms with Crippen LogP contribution in [0.4, 0.5) is 28.4 Å². The number of phenols is 2. The summed E-state index contributed by atoms with van der Waals surface area (Å²) in [6, 6.07) is 19.6. The Morgan fingerprint density at radius 3 is 1.54 bits per heavy atom. The second kappa shape index (κ2) is 26.1. The third-order valence-electron chi connectivity index (χ3n) is 12.9. The number of carbonyl (C=O) groups excluding carboxylic acids is 2. The van der Waals surface area contributed by atoms with Gasteiger partial charge in [-0.15, -0.1) is 6.07 Å². The summed E-state index contributed by atoms with van der Waals surface area (Å²) >= 11 is 0. The Balaban J connectivity index is 0.00000361. The minimum atomic E-state index is -5.50. The summed E-state index contributed by atoms with van der Waals surface area (Å²) in [5, 5.41) is 46.7. The number of nitrogens with zero attached hydrogens (tertiary/aromatic N) is 1. The van der Waals surface area contributed by atoms with Gasteiger partial charge in [-0.05, 0) is 142 Å². The maximum atomic E-state index is 13.8. The molecule has 8 rings (SSSR count). The van der Waals surface area contributed by atoms with Crippen molar-refractivity contribution in [3.8, 4) is 33.9 Å². The van der Waals surface area contributed by atoms with E-state index in [9.17, 15) is 72.8 Å². The Kier molecular flexibility index (Phi) is 22.3. The normalized spacial score (nSPS) is 11.9. The number of benzene rings is 7. The molecule has 1 heterocycles. The number of anilines is 4. The Labute approximate surface area is 560 Å². The molecule has 0 saturated heterocycles. The number of carbonyl (C=O) groups is 2. The van der Waals surface area contributed by atoms with Gasteiger partial charge in [-0.25, -0.2) is 38.7 Å². The second-order valence-electron chi connectivity index (χ2n) is 18.4. The van der Waals surface area contributed by atoms with Gasteiger partial charge in [-0.2, -0.15) is 12.1 Å². The van der Waals surface area contributed by atoms with Gasteiger partial charge in [-0.3, -0.25) is 9.44 Å². The third kappa shape index (κ3) is 14.0. The molecule has 0 spiro atoms. The summed E-state index contributed by atoms with van der Waals surface area (Å²) < 4.78 is 145. The minimum absolute atomic E-state index is 0. The van der Waals surface area contributed by atoms with Crippen molar-refractivity contribution in [1.82, 2.24) is 0 Å². The second-order valence-corrected chi connectivity index (χ2v) is 24.4. The maximum absolute atomic E-state index is 13.8. The molecule has 5 N–H and O–H groups in total. The third-order valence-corrected chi connectivity index (χ3v) is 17.3. The van der Waals surface area contributed by atoms with E-state index in [-0.39, 0.29) is 191 Å². The molecule has 2 aliphatic rings. The number of rotatable bonds is 14. The van der Waals surface area contributed by atoms with Gasteiger partial charge in [0.15, 0.2) is 0 Å². The molecule has 0 saturated carbocycles. The number of carboxylic acid groups (broad SMARTS) is 2. The van der Waals surface area contributed by atoms with Crippen molar-refractivity contribution in [1.29, 1.82) is 0 Å². The van der Waals surface area contributed by atoms with Gasteiger partial charge in [0.25, 0.3) is 20.0 Å². The first kappa shape index (κ1) is 70.2. The van der Waals surface area contributed by atoms with Gasteiger partial charge in [0, 0.05) is 34.0 Å². The average Bonchev–Trinajstić information content (AvgIpc) is 3.34. The predicted molar refractivity (Wildman–Crippen MR) is 279 cm³/mol. The molecular formula is C53H43N4Na4O17S4-. The molecule has 1 aliphatic heterocycles. The molecule has 21 nitrogen and oxygen atoms in total. The van der Waals surface area contributed by atoms with E-state index in [0.717, 1.165) is 36.4 Å². The Hall–Kier alpha value is -4.33. The van der Waals surface area contributed by atoms with Crippen LogP contribution in [-0.2, 0) is 40.3 Å². The van der Waals surface area contributed by atoms with E-state index in [1.807, 2.05) is 0 Å².